The molecule has 0 saturated carbocycles. The van der Waals surface area contributed by atoms with Crippen molar-refractivity contribution in [1.82, 2.24) is 20.6 Å². The molecule has 0 spiro atoms. The Morgan fingerprint density at radius 1 is 0.935 bits per heavy atom. The van der Waals surface area contributed by atoms with Gasteiger partial charge in [0.05, 0.1) is 12.4 Å². The summed E-state index contributed by atoms with van der Waals surface area (Å²) in [5, 5.41) is 5.35. The number of hydrogen-bond donors (Lipinski definition) is 3. The van der Waals surface area contributed by atoms with Gasteiger partial charge in [-0.1, -0.05) is 60.7 Å². The van der Waals surface area contributed by atoms with Crippen molar-refractivity contribution in [3.8, 4) is 0 Å². The zero-order chi connectivity index (χ0) is 22.2. The van der Waals surface area contributed by atoms with Crippen LogP contribution in [0.2, 0.25) is 0 Å². The number of rotatable bonds is 8. The number of esters is 1. The lowest BCUT2D eigenvalue weighted by atomic mass is 10.1. The molecule has 1 aromatic heterocycles. The first-order valence-corrected chi connectivity index (χ1v) is 9.86. The van der Waals surface area contributed by atoms with Crippen LogP contribution < -0.4 is 10.6 Å². The van der Waals surface area contributed by atoms with Gasteiger partial charge in [0.2, 0.25) is 0 Å². The van der Waals surface area contributed by atoms with E-state index >= 15 is 0 Å². The van der Waals surface area contributed by atoms with E-state index in [0.717, 1.165) is 11.1 Å². The topological polar surface area (TPSA) is 113 Å². The highest BCUT2D eigenvalue weighted by atomic mass is 16.5. The van der Waals surface area contributed by atoms with Crippen molar-refractivity contribution < 1.29 is 19.1 Å². The molecule has 160 valence electrons. The summed E-state index contributed by atoms with van der Waals surface area (Å²) in [5.41, 5.74) is 1.69. The van der Waals surface area contributed by atoms with E-state index in [1.807, 2.05) is 67.6 Å². The molecule has 2 aromatic carbocycles. The van der Waals surface area contributed by atoms with Gasteiger partial charge < -0.3 is 20.4 Å². The number of nitrogens with zero attached hydrogens (tertiary/aromatic N) is 1. The average Bonchev–Trinajstić information content (AvgIpc) is 3.29. The van der Waals surface area contributed by atoms with Crippen LogP contribution in [0.3, 0.4) is 0 Å². The number of aromatic amines is 1. The number of ether oxygens (including phenoxy) is 1. The molecule has 1 heterocycles. The van der Waals surface area contributed by atoms with Crippen molar-refractivity contribution in [2.24, 2.45) is 0 Å². The number of aromatic nitrogens is 2. The molecule has 3 rings (SSSR count). The Hall–Kier alpha value is -3.94. The van der Waals surface area contributed by atoms with Crippen LogP contribution in [0.4, 0.5) is 0 Å². The molecule has 8 heteroatoms. The van der Waals surface area contributed by atoms with Crippen LogP contribution in [-0.2, 0) is 16.1 Å². The van der Waals surface area contributed by atoms with Crippen molar-refractivity contribution >= 4 is 17.8 Å². The van der Waals surface area contributed by atoms with Crippen LogP contribution in [0.5, 0.6) is 0 Å². The first kappa shape index (κ1) is 21.8. The number of H-pyrrole nitrogens is 1. The standard InChI is InChI=1S/C23H24N4O4/c1-15(18-11-7-4-8-12-18)26-21(28)19-20(25-14-24-19)22(29)27-16(2)23(30)31-13-17-9-5-3-6-10-17/h3-12,14-16H,13H2,1-2H3,(H,24,25)(H,26,28)(H,27,29)/t15-,16+/m1/s1. The predicted molar refractivity (Wildman–Crippen MR) is 114 cm³/mol. The normalized spacial score (nSPS) is 12.5. The fourth-order valence-electron chi connectivity index (χ4n) is 2.91. The summed E-state index contributed by atoms with van der Waals surface area (Å²) in [5.74, 6) is -1.71. The number of hydrogen-bond acceptors (Lipinski definition) is 5. The Labute approximate surface area is 180 Å². The van der Waals surface area contributed by atoms with Gasteiger partial charge in [-0.05, 0) is 25.0 Å². The fraction of sp³-hybridized carbons (Fsp3) is 0.217. The molecule has 2 amide bonds. The Kier molecular flexibility index (Phi) is 7.16. The smallest absolute Gasteiger partial charge is 0.328 e. The Morgan fingerprint density at radius 3 is 2.26 bits per heavy atom. The van der Waals surface area contributed by atoms with Crippen molar-refractivity contribution in [3.05, 3.63) is 89.5 Å². The second-order valence-electron chi connectivity index (χ2n) is 7.02. The monoisotopic (exact) mass is 420 g/mol. The SMILES string of the molecule is C[C@H](NC(=O)c1nc[nH]c1C(=O)N[C@H](C)c1ccccc1)C(=O)OCc1ccccc1. The largest absolute Gasteiger partial charge is 0.459 e. The Balaban J connectivity index is 1.58. The van der Waals surface area contributed by atoms with E-state index in [-0.39, 0.29) is 24.0 Å². The predicted octanol–water partition coefficient (Wildman–Crippen LogP) is 2.76. The minimum atomic E-state index is -0.910. The van der Waals surface area contributed by atoms with Gasteiger partial charge in [0, 0.05) is 0 Å². The molecular formula is C23H24N4O4. The molecule has 0 unspecified atom stereocenters. The van der Waals surface area contributed by atoms with Crippen molar-refractivity contribution in [2.45, 2.75) is 32.5 Å². The van der Waals surface area contributed by atoms with E-state index in [1.165, 1.54) is 13.3 Å². The average molecular weight is 420 g/mol. The number of amides is 2. The van der Waals surface area contributed by atoms with E-state index in [0.29, 0.717) is 0 Å². The van der Waals surface area contributed by atoms with Gasteiger partial charge in [0.25, 0.3) is 11.8 Å². The zero-order valence-corrected chi connectivity index (χ0v) is 17.3. The zero-order valence-electron chi connectivity index (χ0n) is 17.3. The quantitative estimate of drug-likeness (QED) is 0.485. The van der Waals surface area contributed by atoms with Crippen LogP contribution in [-0.4, -0.2) is 33.8 Å². The molecule has 0 radical (unpaired) electrons. The lowest BCUT2D eigenvalue weighted by molar-refractivity contribution is -0.146. The number of benzene rings is 2. The van der Waals surface area contributed by atoms with E-state index in [4.69, 9.17) is 4.74 Å². The maximum atomic E-state index is 12.6. The molecule has 0 saturated heterocycles. The first-order chi connectivity index (χ1) is 15.0. The molecule has 2 atom stereocenters. The summed E-state index contributed by atoms with van der Waals surface area (Å²) in [4.78, 5) is 44.1. The molecule has 0 fully saturated rings. The summed E-state index contributed by atoms with van der Waals surface area (Å²) in [6, 6.07) is 17.5. The van der Waals surface area contributed by atoms with Gasteiger partial charge in [-0.2, -0.15) is 0 Å². The van der Waals surface area contributed by atoms with Crippen molar-refractivity contribution in [2.75, 3.05) is 0 Å². The second kappa shape index (κ2) is 10.2. The molecule has 0 bridgehead atoms. The highest BCUT2D eigenvalue weighted by molar-refractivity contribution is 6.05. The minimum Gasteiger partial charge on any atom is -0.459 e. The van der Waals surface area contributed by atoms with Crippen LogP contribution in [0.25, 0.3) is 0 Å². The fourth-order valence-corrected chi connectivity index (χ4v) is 2.91. The summed E-state index contributed by atoms with van der Waals surface area (Å²) in [6.45, 7) is 3.45. The highest BCUT2D eigenvalue weighted by Crippen LogP contribution is 2.13. The van der Waals surface area contributed by atoms with Gasteiger partial charge in [0.1, 0.15) is 18.3 Å². The van der Waals surface area contributed by atoms with Crippen molar-refractivity contribution in [1.29, 1.82) is 0 Å². The molecule has 0 aliphatic carbocycles. The van der Waals surface area contributed by atoms with E-state index in [1.54, 1.807) is 0 Å². The molecule has 0 aliphatic rings. The first-order valence-electron chi connectivity index (χ1n) is 9.86. The van der Waals surface area contributed by atoms with E-state index in [9.17, 15) is 14.4 Å². The Bertz CT molecular complexity index is 1030. The Morgan fingerprint density at radius 2 is 1.58 bits per heavy atom. The number of carbonyl (C=O) groups excluding carboxylic acids is 3. The molecule has 0 aliphatic heterocycles. The van der Waals surface area contributed by atoms with Crippen LogP contribution in [0, 0.1) is 0 Å². The molecule has 8 nitrogen and oxygen atoms in total. The third kappa shape index (κ3) is 5.79. The van der Waals surface area contributed by atoms with E-state index < -0.39 is 23.8 Å². The molecule has 3 aromatic rings. The van der Waals surface area contributed by atoms with Gasteiger partial charge in [-0.25, -0.2) is 9.78 Å². The van der Waals surface area contributed by atoms with E-state index in [2.05, 4.69) is 20.6 Å². The minimum absolute atomic E-state index is 0.0186. The van der Waals surface area contributed by atoms with Gasteiger partial charge >= 0.3 is 5.97 Å². The third-order valence-corrected chi connectivity index (χ3v) is 4.65. The van der Waals surface area contributed by atoms with Gasteiger partial charge in [-0.3, -0.25) is 9.59 Å². The maximum Gasteiger partial charge on any atom is 0.328 e. The summed E-state index contributed by atoms with van der Waals surface area (Å²) in [7, 11) is 0. The third-order valence-electron chi connectivity index (χ3n) is 4.65. The number of imidazole rings is 1. The van der Waals surface area contributed by atoms with Crippen LogP contribution >= 0.6 is 0 Å². The lowest BCUT2D eigenvalue weighted by Gasteiger charge is -2.15. The van der Waals surface area contributed by atoms with Gasteiger partial charge in [0.15, 0.2) is 5.69 Å². The molecular weight excluding hydrogens is 396 g/mol. The molecule has 31 heavy (non-hydrogen) atoms. The summed E-state index contributed by atoms with van der Waals surface area (Å²) >= 11 is 0. The van der Waals surface area contributed by atoms with Crippen LogP contribution in [0.1, 0.15) is 52.0 Å². The lowest BCUT2D eigenvalue weighted by Crippen LogP contribution is -2.40. The van der Waals surface area contributed by atoms with Gasteiger partial charge in [-0.15, -0.1) is 0 Å². The van der Waals surface area contributed by atoms with Crippen LogP contribution in [0.15, 0.2) is 67.0 Å². The maximum absolute atomic E-state index is 12.6. The van der Waals surface area contributed by atoms with Crippen molar-refractivity contribution in [3.63, 3.8) is 0 Å². The second-order valence-corrected chi connectivity index (χ2v) is 7.02. The summed E-state index contributed by atoms with van der Waals surface area (Å²) in [6.07, 6.45) is 1.26. The molecule has 3 N–H and O–H groups in total. The number of carbonyl (C=O) groups is 3. The summed E-state index contributed by atoms with van der Waals surface area (Å²) < 4.78 is 5.23. The highest BCUT2D eigenvalue weighted by Gasteiger charge is 2.25. The number of nitrogens with one attached hydrogen (secondary N) is 3.